The van der Waals surface area contributed by atoms with E-state index in [-0.39, 0.29) is 24.0 Å². The van der Waals surface area contributed by atoms with Gasteiger partial charge in [-0.25, -0.2) is 0 Å². The van der Waals surface area contributed by atoms with Crippen molar-refractivity contribution in [1.82, 2.24) is 15.8 Å². The number of nitrogens with one attached hydrogen (secondary N) is 2. The summed E-state index contributed by atoms with van der Waals surface area (Å²) >= 11 is 6.65. The second kappa shape index (κ2) is 12.2. The Labute approximate surface area is 207 Å². The van der Waals surface area contributed by atoms with Crippen molar-refractivity contribution in [2.75, 3.05) is 13.7 Å². The zero-order valence-corrected chi connectivity index (χ0v) is 20.2. The van der Waals surface area contributed by atoms with E-state index in [2.05, 4.69) is 10.9 Å². The number of methoxy groups -OCH3 is 1. The number of ether oxygens (including phenoxy) is 1. The van der Waals surface area contributed by atoms with Crippen molar-refractivity contribution in [3.05, 3.63) is 64.6 Å². The lowest BCUT2D eigenvalue weighted by Crippen LogP contribution is -2.41. The molecule has 1 fully saturated rings. The number of benzene rings is 2. The molecule has 0 atom stereocenters. The maximum Gasteiger partial charge on any atom is 0.269 e. The average Bonchev–Trinajstić information content (AvgIpc) is 3.10. The summed E-state index contributed by atoms with van der Waals surface area (Å²) in [6.07, 6.45) is 4.10. The number of hydrogen-bond donors (Lipinski definition) is 3. The summed E-state index contributed by atoms with van der Waals surface area (Å²) < 4.78 is 5.67. The van der Waals surface area contributed by atoms with E-state index < -0.39 is 5.91 Å². The van der Waals surface area contributed by atoms with Crippen molar-refractivity contribution in [1.29, 1.82) is 0 Å². The molecule has 3 amide bonds. The number of phenols is 1. The average molecular weight is 500 g/mol. The van der Waals surface area contributed by atoms with Gasteiger partial charge in [0.05, 0.1) is 12.0 Å². The molecule has 1 aliphatic rings. The molecule has 0 aromatic heterocycles. The van der Waals surface area contributed by atoms with E-state index in [1.165, 1.54) is 36.0 Å². The molecule has 1 saturated heterocycles. The molecule has 2 aromatic rings. The molecule has 0 radical (unpaired) electrons. The number of thioether (sulfide) groups is 1. The fourth-order valence-electron chi connectivity index (χ4n) is 3.15. The number of amides is 3. The number of nitrogens with zero attached hydrogens (tertiary/aromatic N) is 1. The highest BCUT2D eigenvalue weighted by Crippen LogP contribution is 2.33. The first-order chi connectivity index (χ1) is 16.4. The van der Waals surface area contributed by atoms with Gasteiger partial charge in [0.15, 0.2) is 0 Å². The number of carbonyl (C=O) groups excluding carboxylic acids is 3. The van der Waals surface area contributed by atoms with Gasteiger partial charge in [0.25, 0.3) is 11.8 Å². The minimum absolute atomic E-state index is 0.0556. The van der Waals surface area contributed by atoms with Crippen molar-refractivity contribution in [2.45, 2.75) is 25.7 Å². The summed E-state index contributed by atoms with van der Waals surface area (Å²) in [6, 6.07) is 13.1. The maximum absolute atomic E-state index is 12.7. The van der Waals surface area contributed by atoms with Gasteiger partial charge in [-0.2, -0.15) is 0 Å². The number of hydrogen-bond acceptors (Lipinski definition) is 7. The molecule has 3 rings (SSSR count). The van der Waals surface area contributed by atoms with Crippen LogP contribution in [0.4, 0.5) is 0 Å². The Bertz CT molecular complexity index is 1080. The number of aromatic hydroxyl groups is 1. The van der Waals surface area contributed by atoms with E-state index >= 15 is 0 Å². The van der Waals surface area contributed by atoms with Gasteiger partial charge in [-0.1, -0.05) is 42.5 Å². The summed E-state index contributed by atoms with van der Waals surface area (Å²) in [5, 5.41) is 9.25. The van der Waals surface area contributed by atoms with Crippen molar-refractivity contribution in [3.8, 4) is 11.5 Å². The minimum atomic E-state index is -0.467. The molecule has 34 heavy (non-hydrogen) atoms. The Kier molecular flexibility index (Phi) is 9.06. The maximum atomic E-state index is 12.7. The molecule has 1 aliphatic heterocycles. The normalized spacial score (nSPS) is 14.4. The van der Waals surface area contributed by atoms with Crippen LogP contribution >= 0.6 is 24.0 Å². The predicted molar refractivity (Wildman–Crippen MR) is 135 cm³/mol. The first-order valence-electron chi connectivity index (χ1n) is 10.6. The summed E-state index contributed by atoms with van der Waals surface area (Å²) in [7, 11) is 1.60. The quantitative estimate of drug-likeness (QED) is 0.209. The standard InChI is InChI=1S/C24H25N3O5S2/c1-32-19-12-6-16(7-13-19)15-20-23(31)27(24(33)34-20)14-4-2-3-5-21(29)25-26-22(30)17-8-10-18(28)11-9-17/h6-13,15,28H,2-5,14H2,1H3,(H,25,29)(H,26,30). The van der Waals surface area contributed by atoms with E-state index in [4.69, 9.17) is 17.0 Å². The smallest absolute Gasteiger partial charge is 0.269 e. The Balaban J connectivity index is 1.36. The number of phenolic OH excluding ortho intramolecular Hbond substituents is 1. The molecule has 3 N–H and O–H groups in total. The fourth-order valence-corrected chi connectivity index (χ4v) is 4.46. The van der Waals surface area contributed by atoms with E-state index in [1.807, 2.05) is 30.3 Å². The first kappa shape index (κ1) is 25.3. The summed E-state index contributed by atoms with van der Waals surface area (Å²) in [5.41, 5.74) is 5.93. The lowest BCUT2D eigenvalue weighted by atomic mass is 10.1. The van der Waals surface area contributed by atoms with Crippen molar-refractivity contribution >= 4 is 52.1 Å². The van der Waals surface area contributed by atoms with Gasteiger partial charge >= 0.3 is 0 Å². The van der Waals surface area contributed by atoms with Gasteiger partial charge in [0.1, 0.15) is 15.8 Å². The number of thiocarbonyl (C=S) groups is 1. The van der Waals surface area contributed by atoms with Crippen LogP contribution in [-0.2, 0) is 9.59 Å². The second-order valence-corrected chi connectivity index (χ2v) is 9.14. The molecule has 1 heterocycles. The molecular formula is C24H25N3O5S2. The van der Waals surface area contributed by atoms with Crippen LogP contribution in [0.1, 0.15) is 41.6 Å². The zero-order chi connectivity index (χ0) is 24.5. The minimum Gasteiger partial charge on any atom is -0.508 e. The summed E-state index contributed by atoms with van der Waals surface area (Å²) in [6.45, 7) is 0.490. The lowest BCUT2D eigenvalue weighted by Gasteiger charge is -2.14. The molecule has 0 spiro atoms. The Morgan fingerprint density at radius 3 is 2.44 bits per heavy atom. The molecule has 0 bridgehead atoms. The fraction of sp³-hybridized carbons (Fsp3) is 0.250. The van der Waals surface area contributed by atoms with Gasteiger partial charge in [-0.05, 0) is 60.9 Å². The van der Waals surface area contributed by atoms with Crippen molar-refractivity contribution in [2.24, 2.45) is 0 Å². The third-order valence-electron chi connectivity index (χ3n) is 5.02. The summed E-state index contributed by atoms with van der Waals surface area (Å²) in [5.74, 6) is -0.0794. The molecule has 178 valence electrons. The van der Waals surface area contributed by atoms with Gasteiger partial charge in [-0.3, -0.25) is 30.1 Å². The largest absolute Gasteiger partial charge is 0.508 e. The monoisotopic (exact) mass is 499 g/mol. The van der Waals surface area contributed by atoms with Crippen molar-refractivity contribution in [3.63, 3.8) is 0 Å². The number of hydrazine groups is 1. The van der Waals surface area contributed by atoms with Gasteiger partial charge < -0.3 is 9.84 Å². The number of carbonyl (C=O) groups is 3. The highest BCUT2D eigenvalue weighted by molar-refractivity contribution is 8.26. The molecular weight excluding hydrogens is 474 g/mol. The lowest BCUT2D eigenvalue weighted by molar-refractivity contribution is -0.123. The van der Waals surface area contributed by atoms with Crippen molar-refractivity contribution < 1.29 is 24.2 Å². The topological polar surface area (TPSA) is 108 Å². The van der Waals surface area contributed by atoms with Gasteiger partial charge in [-0.15, -0.1) is 0 Å². The zero-order valence-electron chi connectivity index (χ0n) is 18.6. The second-order valence-electron chi connectivity index (χ2n) is 7.47. The Hall–Kier alpha value is -3.37. The van der Waals surface area contributed by atoms with Crippen LogP contribution < -0.4 is 15.6 Å². The number of rotatable bonds is 9. The first-order valence-corrected chi connectivity index (χ1v) is 11.9. The molecule has 0 saturated carbocycles. The van der Waals surface area contributed by atoms with Crippen LogP contribution in [0.3, 0.4) is 0 Å². The van der Waals surface area contributed by atoms with Crippen LogP contribution in [0.5, 0.6) is 11.5 Å². The Morgan fingerprint density at radius 1 is 1.06 bits per heavy atom. The third-order valence-corrected chi connectivity index (χ3v) is 6.40. The van der Waals surface area contributed by atoms with Crippen LogP contribution in [-0.4, -0.2) is 45.7 Å². The van der Waals surface area contributed by atoms with E-state index in [9.17, 15) is 19.5 Å². The van der Waals surface area contributed by atoms with Gasteiger partial charge in [0.2, 0.25) is 5.91 Å². The van der Waals surface area contributed by atoms with Crippen LogP contribution in [0.15, 0.2) is 53.4 Å². The molecule has 0 aliphatic carbocycles. The van der Waals surface area contributed by atoms with E-state index in [0.29, 0.717) is 34.2 Å². The van der Waals surface area contributed by atoms with E-state index in [0.717, 1.165) is 17.7 Å². The highest BCUT2D eigenvalue weighted by Gasteiger charge is 2.31. The highest BCUT2D eigenvalue weighted by atomic mass is 32.2. The Morgan fingerprint density at radius 2 is 1.76 bits per heavy atom. The van der Waals surface area contributed by atoms with Crippen LogP contribution in [0, 0.1) is 0 Å². The third kappa shape index (κ3) is 7.06. The van der Waals surface area contributed by atoms with Crippen LogP contribution in [0.25, 0.3) is 6.08 Å². The molecule has 8 nitrogen and oxygen atoms in total. The molecule has 10 heteroatoms. The SMILES string of the molecule is COc1ccc(C=C2SC(=S)N(CCCCCC(=O)NNC(=O)c3ccc(O)cc3)C2=O)cc1. The molecule has 2 aromatic carbocycles. The number of unbranched alkanes of at least 4 members (excludes halogenated alkanes) is 2. The summed E-state index contributed by atoms with van der Waals surface area (Å²) in [4.78, 5) is 38.8. The molecule has 0 unspecified atom stereocenters. The van der Waals surface area contributed by atoms with Crippen LogP contribution in [0.2, 0.25) is 0 Å². The van der Waals surface area contributed by atoms with Gasteiger partial charge in [0, 0.05) is 18.5 Å². The predicted octanol–water partition coefficient (Wildman–Crippen LogP) is 3.62. The van der Waals surface area contributed by atoms with E-state index in [1.54, 1.807) is 12.0 Å².